The van der Waals surface area contributed by atoms with Crippen LogP contribution < -0.4 is 11.1 Å². The van der Waals surface area contributed by atoms with Gasteiger partial charge in [-0.25, -0.2) is 4.98 Å². The Bertz CT molecular complexity index is 395. The molecule has 0 atom stereocenters. The molecule has 0 unspecified atom stereocenters. The summed E-state index contributed by atoms with van der Waals surface area (Å²) in [5.74, 6) is 0.653. The number of aliphatic hydroxyl groups is 2. The lowest BCUT2D eigenvalue weighted by Gasteiger charge is -2.31. The molecule has 0 saturated heterocycles. The Hall–Kier alpha value is -1.17. The van der Waals surface area contributed by atoms with Crippen LogP contribution in [-0.2, 0) is 6.54 Å². The van der Waals surface area contributed by atoms with Crippen molar-refractivity contribution < 1.29 is 10.2 Å². The molecule has 0 aliphatic carbocycles. The van der Waals surface area contributed by atoms with Crippen molar-refractivity contribution in [3.63, 3.8) is 0 Å². The zero-order valence-electron chi connectivity index (χ0n) is 11.3. The lowest BCUT2D eigenvalue weighted by atomic mass is 9.97. The highest BCUT2D eigenvalue weighted by molar-refractivity contribution is 5.51. The van der Waals surface area contributed by atoms with Crippen LogP contribution in [0.5, 0.6) is 0 Å². The molecular weight excluding hydrogens is 230 g/mol. The predicted octanol–water partition coefficient (Wildman–Crippen LogP) is 0.702. The van der Waals surface area contributed by atoms with Gasteiger partial charge in [-0.2, -0.15) is 0 Å². The van der Waals surface area contributed by atoms with Crippen molar-refractivity contribution in [3.05, 3.63) is 22.9 Å². The molecule has 5 heteroatoms. The van der Waals surface area contributed by atoms with Gasteiger partial charge in [0.1, 0.15) is 5.82 Å². The van der Waals surface area contributed by atoms with Crippen molar-refractivity contribution in [2.75, 3.05) is 18.5 Å². The van der Waals surface area contributed by atoms with E-state index >= 15 is 0 Å². The third kappa shape index (κ3) is 2.98. The molecule has 1 rings (SSSR count). The minimum atomic E-state index is -0.753. The molecule has 1 aromatic heterocycles. The molecular formula is C13H23N3O2. The topological polar surface area (TPSA) is 91.4 Å². The molecule has 0 bridgehead atoms. The van der Waals surface area contributed by atoms with Crippen LogP contribution in [0.25, 0.3) is 0 Å². The Morgan fingerprint density at radius 1 is 1.33 bits per heavy atom. The van der Waals surface area contributed by atoms with E-state index in [4.69, 9.17) is 5.73 Å². The maximum Gasteiger partial charge on any atom is 0.131 e. The zero-order chi connectivity index (χ0) is 13.8. The number of nitrogens with zero attached hydrogens (tertiary/aromatic N) is 1. The second-order valence-electron chi connectivity index (χ2n) is 4.69. The first-order valence-electron chi connectivity index (χ1n) is 6.19. The molecule has 0 amide bonds. The molecule has 0 aliphatic rings. The number of aryl methyl sites for hydroxylation is 2. The number of nitrogens with one attached hydrogen (secondary N) is 1. The fourth-order valence-corrected chi connectivity index (χ4v) is 1.92. The Morgan fingerprint density at radius 2 is 1.94 bits per heavy atom. The molecule has 0 fully saturated rings. The van der Waals surface area contributed by atoms with Gasteiger partial charge in [0.05, 0.1) is 18.8 Å². The minimum absolute atomic E-state index is 0.154. The Kier molecular flexibility index (Phi) is 5.07. The van der Waals surface area contributed by atoms with Crippen molar-refractivity contribution in [1.29, 1.82) is 0 Å². The zero-order valence-corrected chi connectivity index (χ0v) is 11.3. The smallest absolute Gasteiger partial charge is 0.131 e. The molecule has 0 radical (unpaired) electrons. The first kappa shape index (κ1) is 14.9. The summed E-state index contributed by atoms with van der Waals surface area (Å²) in [7, 11) is 0. The predicted molar refractivity (Wildman–Crippen MR) is 72.4 cm³/mol. The monoisotopic (exact) mass is 253 g/mol. The van der Waals surface area contributed by atoms with Gasteiger partial charge in [-0.1, -0.05) is 6.92 Å². The molecule has 102 valence electrons. The number of pyridine rings is 1. The number of anilines is 1. The summed E-state index contributed by atoms with van der Waals surface area (Å²) in [6.45, 7) is 5.86. The summed E-state index contributed by atoms with van der Waals surface area (Å²) in [6.07, 6.45) is 0.596. The lowest BCUT2D eigenvalue weighted by Crippen LogP contribution is -2.45. The third-order valence-electron chi connectivity index (χ3n) is 3.35. The average Bonchev–Trinajstić information content (AvgIpc) is 2.35. The van der Waals surface area contributed by atoms with E-state index in [1.165, 1.54) is 0 Å². The summed E-state index contributed by atoms with van der Waals surface area (Å²) in [5, 5.41) is 22.1. The second kappa shape index (κ2) is 6.13. The molecule has 0 spiro atoms. The number of rotatable bonds is 6. The standard InChI is InChI=1S/C13H23N3O2/c1-4-13(7-17,8-18)16-12-11(6-14)9(2)5-10(3)15-12/h5,17-18H,4,6-8,14H2,1-3H3,(H,15,16). The second-order valence-corrected chi connectivity index (χ2v) is 4.69. The highest BCUT2D eigenvalue weighted by Gasteiger charge is 2.27. The first-order valence-corrected chi connectivity index (χ1v) is 6.19. The summed E-state index contributed by atoms with van der Waals surface area (Å²) in [5.41, 5.74) is 7.85. The van der Waals surface area contributed by atoms with E-state index in [0.29, 0.717) is 18.8 Å². The SMILES string of the molecule is CCC(CO)(CO)Nc1nc(C)cc(C)c1CN. The number of aromatic nitrogens is 1. The van der Waals surface area contributed by atoms with E-state index in [1.807, 2.05) is 26.8 Å². The normalized spacial score (nSPS) is 11.7. The van der Waals surface area contributed by atoms with Crippen molar-refractivity contribution >= 4 is 5.82 Å². The van der Waals surface area contributed by atoms with Crippen molar-refractivity contribution in [2.24, 2.45) is 5.73 Å². The Labute approximate surface area is 108 Å². The van der Waals surface area contributed by atoms with Gasteiger partial charge >= 0.3 is 0 Å². The van der Waals surface area contributed by atoms with E-state index in [9.17, 15) is 10.2 Å². The van der Waals surface area contributed by atoms with Gasteiger partial charge < -0.3 is 21.3 Å². The van der Waals surface area contributed by atoms with Crippen LogP contribution in [0.1, 0.15) is 30.2 Å². The van der Waals surface area contributed by atoms with Crippen molar-refractivity contribution in [3.8, 4) is 0 Å². The van der Waals surface area contributed by atoms with Crippen molar-refractivity contribution in [2.45, 2.75) is 39.3 Å². The van der Waals surface area contributed by atoms with E-state index in [0.717, 1.165) is 16.8 Å². The van der Waals surface area contributed by atoms with E-state index < -0.39 is 5.54 Å². The maximum absolute atomic E-state index is 9.46. The Morgan fingerprint density at radius 3 is 2.39 bits per heavy atom. The highest BCUT2D eigenvalue weighted by atomic mass is 16.3. The van der Waals surface area contributed by atoms with Gasteiger partial charge in [-0.05, 0) is 31.9 Å². The summed E-state index contributed by atoms with van der Waals surface area (Å²) in [6, 6.07) is 1.97. The fourth-order valence-electron chi connectivity index (χ4n) is 1.92. The number of nitrogens with two attached hydrogens (primary N) is 1. The number of aliphatic hydroxyl groups excluding tert-OH is 2. The molecule has 1 aromatic rings. The average molecular weight is 253 g/mol. The lowest BCUT2D eigenvalue weighted by molar-refractivity contribution is 0.132. The molecule has 0 saturated carbocycles. The molecule has 0 aromatic carbocycles. The molecule has 0 aliphatic heterocycles. The third-order valence-corrected chi connectivity index (χ3v) is 3.35. The molecule has 5 N–H and O–H groups in total. The number of hydrogen-bond donors (Lipinski definition) is 4. The minimum Gasteiger partial charge on any atom is -0.394 e. The van der Waals surface area contributed by atoms with E-state index in [2.05, 4.69) is 10.3 Å². The van der Waals surface area contributed by atoms with Crippen LogP contribution in [0.2, 0.25) is 0 Å². The van der Waals surface area contributed by atoms with Crippen LogP contribution >= 0.6 is 0 Å². The van der Waals surface area contributed by atoms with Gasteiger partial charge in [0.15, 0.2) is 0 Å². The molecule has 5 nitrogen and oxygen atoms in total. The van der Waals surface area contributed by atoms with Gasteiger partial charge in [0.2, 0.25) is 0 Å². The van der Waals surface area contributed by atoms with Crippen LogP contribution in [0.4, 0.5) is 5.82 Å². The van der Waals surface area contributed by atoms with Crippen LogP contribution in [0.3, 0.4) is 0 Å². The van der Waals surface area contributed by atoms with Crippen LogP contribution in [0, 0.1) is 13.8 Å². The van der Waals surface area contributed by atoms with Crippen molar-refractivity contribution in [1.82, 2.24) is 4.98 Å². The first-order chi connectivity index (χ1) is 8.51. The fraction of sp³-hybridized carbons (Fsp3) is 0.615. The molecule has 18 heavy (non-hydrogen) atoms. The quantitative estimate of drug-likeness (QED) is 0.599. The summed E-state index contributed by atoms with van der Waals surface area (Å²) < 4.78 is 0. The van der Waals surface area contributed by atoms with Crippen LogP contribution in [-0.4, -0.2) is 33.9 Å². The molecule has 1 heterocycles. The van der Waals surface area contributed by atoms with Crippen LogP contribution in [0.15, 0.2) is 6.07 Å². The maximum atomic E-state index is 9.46. The summed E-state index contributed by atoms with van der Waals surface area (Å²) in [4.78, 5) is 4.42. The van der Waals surface area contributed by atoms with E-state index in [-0.39, 0.29) is 13.2 Å². The Balaban J connectivity index is 3.16. The van der Waals surface area contributed by atoms with Gasteiger partial charge in [0, 0.05) is 17.8 Å². The highest BCUT2D eigenvalue weighted by Crippen LogP contribution is 2.23. The van der Waals surface area contributed by atoms with Gasteiger partial charge in [0.25, 0.3) is 0 Å². The number of hydrogen-bond acceptors (Lipinski definition) is 5. The summed E-state index contributed by atoms with van der Waals surface area (Å²) >= 11 is 0. The van der Waals surface area contributed by atoms with Gasteiger partial charge in [-0.15, -0.1) is 0 Å². The van der Waals surface area contributed by atoms with E-state index in [1.54, 1.807) is 0 Å². The van der Waals surface area contributed by atoms with Gasteiger partial charge in [-0.3, -0.25) is 0 Å². The largest absolute Gasteiger partial charge is 0.394 e.